The molecule has 1 aliphatic heterocycles. The predicted octanol–water partition coefficient (Wildman–Crippen LogP) is 0.934. The van der Waals surface area contributed by atoms with Gasteiger partial charge in [0.1, 0.15) is 5.82 Å². The Balaban J connectivity index is 1.66. The lowest BCUT2D eigenvalue weighted by Gasteiger charge is -2.23. The van der Waals surface area contributed by atoms with Crippen molar-refractivity contribution in [3.05, 3.63) is 18.3 Å². The van der Waals surface area contributed by atoms with Crippen LogP contribution in [0.4, 0.5) is 5.82 Å². The molecule has 7 heteroatoms. The molecule has 1 saturated heterocycles. The van der Waals surface area contributed by atoms with Crippen LogP contribution in [0.2, 0.25) is 0 Å². The van der Waals surface area contributed by atoms with Crippen LogP contribution in [-0.2, 0) is 14.6 Å². The number of pyridine rings is 1. The van der Waals surface area contributed by atoms with Crippen molar-refractivity contribution in [1.82, 2.24) is 9.88 Å². The Morgan fingerprint density at radius 1 is 1.18 bits per heavy atom. The highest BCUT2D eigenvalue weighted by Crippen LogP contribution is 2.31. The van der Waals surface area contributed by atoms with Gasteiger partial charge < -0.3 is 9.80 Å². The van der Waals surface area contributed by atoms with E-state index in [2.05, 4.69) is 9.88 Å². The van der Waals surface area contributed by atoms with Gasteiger partial charge in [0.05, 0.1) is 4.90 Å². The van der Waals surface area contributed by atoms with E-state index < -0.39 is 9.84 Å². The first kappa shape index (κ1) is 15.3. The van der Waals surface area contributed by atoms with Crippen molar-refractivity contribution in [3.8, 4) is 0 Å². The zero-order valence-electron chi connectivity index (χ0n) is 12.7. The zero-order chi connectivity index (χ0) is 15.7. The number of nitrogens with zero attached hydrogens (tertiary/aromatic N) is 3. The molecule has 0 unspecified atom stereocenters. The molecule has 3 rings (SSSR count). The van der Waals surface area contributed by atoms with Gasteiger partial charge in [-0.25, -0.2) is 13.4 Å². The third-order valence-electron chi connectivity index (χ3n) is 4.21. The Labute approximate surface area is 131 Å². The normalized spacial score (nSPS) is 19.9. The van der Waals surface area contributed by atoms with Crippen molar-refractivity contribution in [2.24, 2.45) is 5.92 Å². The highest BCUT2D eigenvalue weighted by atomic mass is 32.2. The summed E-state index contributed by atoms with van der Waals surface area (Å²) in [5, 5.41) is 0. The van der Waals surface area contributed by atoms with Gasteiger partial charge in [-0.3, -0.25) is 4.79 Å². The topological polar surface area (TPSA) is 70.6 Å². The van der Waals surface area contributed by atoms with Crippen molar-refractivity contribution in [3.63, 3.8) is 0 Å². The standard InChI is InChI=1S/C15H21N3O3S/c1-22(20,21)13-5-6-14(16-11-13)17-7-2-8-18(10-9-17)15(19)12-3-4-12/h5-6,11-12H,2-4,7-10H2,1H3. The number of sulfone groups is 1. The molecule has 22 heavy (non-hydrogen) atoms. The molecule has 1 aromatic heterocycles. The van der Waals surface area contributed by atoms with Gasteiger partial charge >= 0.3 is 0 Å². The predicted molar refractivity (Wildman–Crippen MR) is 83.5 cm³/mol. The van der Waals surface area contributed by atoms with E-state index in [-0.39, 0.29) is 10.8 Å². The number of anilines is 1. The van der Waals surface area contributed by atoms with E-state index in [1.54, 1.807) is 12.1 Å². The second kappa shape index (κ2) is 5.87. The smallest absolute Gasteiger partial charge is 0.225 e. The maximum absolute atomic E-state index is 12.1. The van der Waals surface area contributed by atoms with Gasteiger partial charge in [0.2, 0.25) is 5.91 Å². The number of hydrogen-bond donors (Lipinski definition) is 0. The molecule has 0 spiro atoms. The Bertz CT molecular complexity index is 653. The summed E-state index contributed by atoms with van der Waals surface area (Å²) in [6, 6.07) is 3.34. The molecule has 2 fully saturated rings. The molecule has 1 saturated carbocycles. The highest BCUT2D eigenvalue weighted by molar-refractivity contribution is 7.90. The van der Waals surface area contributed by atoms with Crippen LogP contribution in [0.3, 0.4) is 0 Å². The molecule has 0 atom stereocenters. The molecule has 1 amide bonds. The first-order valence-electron chi connectivity index (χ1n) is 7.65. The molecule has 2 heterocycles. The lowest BCUT2D eigenvalue weighted by molar-refractivity contribution is -0.132. The van der Waals surface area contributed by atoms with Crippen LogP contribution < -0.4 is 4.90 Å². The highest BCUT2D eigenvalue weighted by Gasteiger charge is 2.33. The number of carbonyl (C=O) groups excluding carboxylic acids is 1. The summed E-state index contributed by atoms with van der Waals surface area (Å²) < 4.78 is 22.9. The van der Waals surface area contributed by atoms with Gasteiger partial charge in [0, 0.05) is 44.5 Å². The minimum Gasteiger partial charge on any atom is -0.355 e. The molecule has 1 aromatic rings. The summed E-state index contributed by atoms with van der Waals surface area (Å²) in [4.78, 5) is 20.7. The fourth-order valence-corrected chi connectivity index (χ4v) is 3.29. The molecule has 6 nitrogen and oxygen atoms in total. The summed E-state index contributed by atoms with van der Waals surface area (Å²) in [6.45, 7) is 3.08. The van der Waals surface area contributed by atoms with E-state index in [1.165, 1.54) is 12.5 Å². The van der Waals surface area contributed by atoms with Crippen molar-refractivity contribution >= 4 is 21.6 Å². The van der Waals surface area contributed by atoms with Crippen molar-refractivity contribution in [1.29, 1.82) is 0 Å². The van der Waals surface area contributed by atoms with Gasteiger partial charge in [-0.05, 0) is 31.4 Å². The van der Waals surface area contributed by atoms with Crippen molar-refractivity contribution in [2.45, 2.75) is 24.2 Å². The SMILES string of the molecule is CS(=O)(=O)c1ccc(N2CCCN(C(=O)C3CC3)CC2)nc1. The minimum atomic E-state index is -3.21. The Hall–Kier alpha value is -1.63. The summed E-state index contributed by atoms with van der Waals surface area (Å²) in [5.74, 6) is 1.33. The second-order valence-electron chi connectivity index (χ2n) is 6.06. The molecule has 120 valence electrons. The maximum Gasteiger partial charge on any atom is 0.225 e. The van der Waals surface area contributed by atoms with Gasteiger partial charge in [-0.2, -0.15) is 0 Å². The fourth-order valence-electron chi connectivity index (χ4n) is 2.73. The number of carbonyl (C=O) groups is 1. The molecule has 0 aromatic carbocycles. The average Bonchev–Trinajstić information content (AvgIpc) is 3.32. The lowest BCUT2D eigenvalue weighted by atomic mass is 10.3. The molecule has 1 aliphatic carbocycles. The lowest BCUT2D eigenvalue weighted by Crippen LogP contribution is -2.36. The van der Waals surface area contributed by atoms with Gasteiger partial charge in [-0.15, -0.1) is 0 Å². The van der Waals surface area contributed by atoms with Gasteiger partial charge in [0.15, 0.2) is 9.84 Å². The van der Waals surface area contributed by atoms with Crippen LogP contribution in [0.25, 0.3) is 0 Å². The summed E-state index contributed by atoms with van der Waals surface area (Å²) >= 11 is 0. The Kier molecular flexibility index (Phi) is 4.08. The van der Waals surface area contributed by atoms with Crippen LogP contribution in [0.15, 0.2) is 23.2 Å². The van der Waals surface area contributed by atoms with Gasteiger partial charge in [-0.1, -0.05) is 0 Å². The summed E-state index contributed by atoms with van der Waals surface area (Å²) in [6.07, 6.45) is 5.56. The Morgan fingerprint density at radius 2 is 1.95 bits per heavy atom. The van der Waals surface area contributed by atoms with E-state index in [4.69, 9.17) is 0 Å². The van der Waals surface area contributed by atoms with E-state index >= 15 is 0 Å². The van der Waals surface area contributed by atoms with E-state index in [0.717, 1.165) is 44.7 Å². The largest absolute Gasteiger partial charge is 0.355 e. The zero-order valence-corrected chi connectivity index (χ0v) is 13.6. The number of aromatic nitrogens is 1. The third kappa shape index (κ3) is 3.40. The quantitative estimate of drug-likeness (QED) is 0.828. The molecule has 2 aliphatic rings. The first-order chi connectivity index (χ1) is 10.4. The first-order valence-corrected chi connectivity index (χ1v) is 9.54. The summed E-state index contributed by atoms with van der Waals surface area (Å²) in [5.41, 5.74) is 0. The van der Waals surface area contributed by atoms with E-state index in [1.807, 2.05) is 4.90 Å². The Morgan fingerprint density at radius 3 is 2.55 bits per heavy atom. The number of hydrogen-bond acceptors (Lipinski definition) is 5. The minimum absolute atomic E-state index is 0.233. The van der Waals surface area contributed by atoms with Gasteiger partial charge in [0.25, 0.3) is 0 Å². The number of rotatable bonds is 3. The van der Waals surface area contributed by atoms with Crippen molar-refractivity contribution < 1.29 is 13.2 Å². The third-order valence-corrected chi connectivity index (χ3v) is 5.30. The van der Waals surface area contributed by atoms with Crippen LogP contribution in [0.5, 0.6) is 0 Å². The average molecular weight is 323 g/mol. The monoisotopic (exact) mass is 323 g/mol. The van der Waals surface area contributed by atoms with E-state index in [9.17, 15) is 13.2 Å². The second-order valence-corrected chi connectivity index (χ2v) is 8.08. The van der Waals surface area contributed by atoms with Crippen LogP contribution in [-0.4, -0.2) is 56.6 Å². The number of amides is 1. The summed E-state index contributed by atoms with van der Waals surface area (Å²) in [7, 11) is -3.21. The van der Waals surface area contributed by atoms with Crippen molar-refractivity contribution in [2.75, 3.05) is 37.3 Å². The van der Waals surface area contributed by atoms with Crippen LogP contribution in [0.1, 0.15) is 19.3 Å². The van der Waals surface area contributed by atoms with Crippen LogP contribution >= 0.6 is 0 Å². The molecule has 0 N–H and O–H groups in total. The molecular formula is C15H21N3O3S. The molecule has 0 bridgehead atoms. The van der Waals surface area contributed by atoms with E-state index in [0.29, 0.717) is 12.5 Å². The molecule has 0 radical (unpaired) electrons. The van der Waals surface area contributed by atoms with Crippen LogP contribution in [0, 0.1) is 5.92 Å². The molecular weight excluding hydrogens is 302 g/mol. The maximum atomic E-state index is 12.1. The fraction of sp³-hybridized carbons (Fsp3) is 0.600.